The fourth-order valence-electron chi connectivity index (χ4n) is 2.22. The minimum absolute atomic E-state index is 0.0936. The number of carboxylic acids is 1. The summed E-state index contributed by atoms with van der Waals surface area (Å²) in [4.78, 5) is 35.3. The van der Waals surface area contributed by atoms with E-state index >= 15 is 0 Å². The number of carbonyl (C=O) groups is 2. The molecule has 0 heterocycles. The lowest BCUT2D eigenvalue weighted by Gasteiger charge is -2.26. The second-order valence-corrected chi connectivity index (χ2v) is 5.22. The fourth-order valence-corrected chi connectivity index (χ4v) is 2.22. The molecule has 1 aromatic rings. The van der Waals surface area contributed by atoms with Crippen LogP contribution in [0.15, 0.2) is 18.2 Å². The molecule has 1 aromatic carbocycles. The second kappa shape index (κ2) is 5.51. The zero-order valence-corrected chi connectivity index (χ0v) is 11.8. The van der Waals surface area contributed by atoms with Gasteiger partial charge in [-0.15, -0.1) is 0 Å². The zero-order valence-electron chi connectivity index (χ0n) is 11.8. The molecule has 21 heavy (non-hydrogen) atoms. The first-order valence-corrected chi connectivity index (χ1v) is 6.63. The number of aryl methyl sites for hydroxylation is 1. The van der Waals surface area contributed by atoms with Gasteiger partial charge in [-0.2, -0.15) is 0 Å². The van der Waals surface area contributed by atoms with E-state index in [1.807, 2.05) is 0 Å². The molecule has 7 heteroatoms. The van der Waals surface area contributed by atoms with Gasteiger partial charge in [-0.1, -0.05) is 6.07 Å². The van der Waals surface area contributed by atoms with Gasteiger partial charge in [0.05, 0.1) is 4.92 Å². The second-order valence-electron chi connectivity index (χ2n) is 5.22. The van der Waals surface area contributed by atoms with Crippen molar-refractivity contribution in [3.8, 4) is 0 Å². The van der Waals surface area contributed by atoms with Crippen LogP contribution in [-0.2, 0) is 4.79 Å². The van der Waals surface area contributed by atoms with E-state index in [4.69, 9.17) is 5.11 Å². The summed E-state index contributed by atoms with van der Waals surface area (Å²) in [5, 5.41) is 20.1. The van der Waals surface area contributed by atoms with Gasteiger partial charge in [0.2, 0.25) is 0 Å². The van der Waals surface area contributed by atoms with Crippen molar-refractivity contribution in [2.75, 3.05) is 0 Å². The Bertz CT molecular complexity index is 609. The molecule has 0 aromatic heterocycles. The Morgan fingerprint density at radius 3 is 2.52 bits per heavy atom. The molecule has 0 spiro atoms. The van der Waals surface area contributed by atoms with Gasteiger partial charge in [-0.05, 0) is 32.8 Å². The molecule has 112 valence electrons. The van der Waals surface area contributed by atoms with Crippen LogP contribution in [0, 0.1) is 17.0 Å². The minimum Gasteiger partial charge on any atom is -0.480 e. The number of hydrogen-bond acceptors (Lipinski definition) is 4. The van der Waals surface area contributed by atoms with Crippen LogP contribution in [0.3, 0.4) is 0 Å². The van der Waals surface area contributed by atoms with Gasteiger partial charge in [0, 0.05) is 23.2 Å². The highest BCUT2D eigenvalue weighted by Crippen LogP contribution is 2.31. The summed E-state index contributed by atoms with van der Waals surface area (Å²) in [5.74, 6) is -1.56. The molecule has 1 aliphatic carbocycles. The summed E-state index contributed by atoms with van der Waals surface area (Å²) in [6.07, 6.45) is 1.52. The summed E-state index contributed by atoms with van der Waals surface area (Å²) >= 11 is 0. The van der Waals surface area contributed by atoms with Crippen molar-refractivity contribution >= 4 is 17.6 Å². The number of carbonyl (C=O) groups excluding carboxylic acids is 1. The van der Waals surface area contributed by atoms with Crippen molar-refractivity contribution in [2.24, 2.45) is 0 Å². The maximum absolute atomic E-state index is 12.5. The summed E-state index contributed by atoms with van der Waals surface area (Å²) in [5.41, 5.74) is 0.465. The number of rotatable bonds is 5. The van der Waals surface area contributed by atoms with E-state index in [0.717, 1.165) is 12.8 Å². The maximum atomic E-state index is 12.5. The minimum atomic E-state index is -1.09. The number of aliphatic carboxylic acids is 1. The molecule has 2 rings (SSSR count). The number of nitrogens with zero attached hydrogens (tertiary/aromatic N) is 2. The molecule has 1 amide bonds. The number of benzene rings is 1. The van der Waals surface area contributed by atoms with Gasteiger partial charge in [-0.25, -0.2) is 4.79 Å². The van der Waals surface area contributed by atoms with E-state index < -0.39 is 22.8 Å². The lowest BCUT2D eigenvalue weighted by atomic mass is 10.1. The molecule has 7 nitrogen and oxygen atoms in total. The molecule has 0 aliphatic heterocycles. The fraction of sp³-hybridized carbons (Fsp3) is 0.429. The third kappa shape index (κ3) is 3.01. The molecule has 0 saturated heterocycles. The molecular formula is C14H16N2O5. The average molecular weight is 292 g/mol. The van der Waals surface area contributed by atoms with Crippen LogP contribution in [0.4, 0.5) is 5.69 Å². The van der Waals surface area contributed by atoms with E-state index in [-0.39, 0.29) is 17.3 Å². The van der Waals surface area contributed by atoms with Crippen LogP contribution in [0.25, 0.3) is 0 Å². The van der Waals surface area contributed by atoms with E-state index in [1.54, 1.807) is 6.92 Å². The van der Waals surface area contributed by atoms with Gasteiger partial charge in [-0.3, -0.25) is 14.9 Å². The Morgan fingerprint density at radius 2 is 2.05 bits per heavy atom. The Kier molecular flexibility index (Phi) is 3.93. The molecule has 1 aliphatic rings. The van der Waals surface area contributed by atoms with Gasteiger partial charge in [0.25, 0.3) is 11.6 Å². The lowest BCUT2D eigenvalue weighted by Crippen LogP contribution is -2.44. The van der Waals surface area contributed by atoms with Crippen LogP contribution in [0.2, 0.25) is 0 Å². The van der Waals surface area contributed by atoms with Crippen molar-refractivity contribution < 1.29 is 19.6 Å². The first-order chi connectivity index (χ1) is 9.82. The Morgan fingerprint density at radius 1 is 1.43 bits per heavy atom. The largest absolute Gasteiger partial charge is 0.480 e. The highest BCUT2D eigenvalue weighted by atomic mass is 16.6. The topological polar surface area (TPSA) is 101 Å². The molecule has 1 fully saturated rings. The maximum Gasteiger partial charge on any atom is 0.326 e. The number of carboxylic acid groups (broad SMARTS) is 1. The third-order valence-electron chi connectivity index (χ3n) is 3.60. The van der Waals surface area contributed by atoms with Crippen molar-refractivity contribution in [3.05, 3.63) is 39.4 Å². The van der Waals surface area contributed by atoms with Crippen LogP contribution in [0.5, 0.6) is 0 Å². The van der Waals surface area contributed by atoms with Gasteiger partial charge in [0.15, 0.2) is 0 Å². The van der Waals surface area contributed by atoms with Crippen LogP contribution in [-0.4, -0.2) is 38.9 Å². The molecule has 1 unspecified atom stereocenters. The third-order valence-corrected chi connectivity index (χ3v) is 3.60. The number of amides is 1. The Labute approximate surface area is 121 Å². The number of nitro benzene ring substituents is 1. The van der Waals surface area contributed by atoms with Gasteiger partial charge in [0.1, 0.15) is 6.04 Å². The molecule has 0 radical (unpaired) electrons. The first kappa shape index (κ1) is 15.0. The van der Waals surface area contributed by atoms with Crippen molar-refractivity contribution in [1.82, 2.24) is 4.90 Å². The van der Waals surface area contributed by atoms with Crippen molar-refractivity contribution in [2.45, 2.75) is 38.8 Å². The highest BCUT2D eigenvalue weighted by Gasteiger charge is 2.39. The molecular weight excluding hydrogens is 276 g/mol. The summed E-state index contributed by atoms with van der Waals surface area (Å²) in [6, 6.07) is 3.16. The zero-order chi connectivity index (χ0) is 15.7. The molecule has 1 N–H and O–H groups in total. The van der Waals surface area contributed by atoms with Crippen LogP contribution < -0.4 is 0 Å². The SMILES string of the molecule is Cc1ccc(C(=O)N(C2CC2)C(C)C(=O)O)cc1[N+](=O)[O-]. The normalized spacial score (nSPS) is 15.3. The van der Waals surface area contributed by atoms with Crippen molar-refractivity contribution in [3.63, 3.8) is 0 Å². The standard InChI is InChI=1S/C14H16N2O5/c1-8-3-4-10(7-12(8)16(20)21)13(17)15(11-5-6-11)9(2)14(18)19/h3-4,7,9,11H,5-6H2,1-2H3,(H,18,19). The monoisotopic (exact) mass is 292 g/mol. The van der Waals surface area contributed by atoms with Crippen LogP contribution in [0.1, 0.15) is 35.7 Å². The number of hydrogen-bond donors (Lipinski definition) is 1. The molecule has 0 bridgehead atoms. The Balaban J connectivity index is 2.35. The average Bonchev–Trinajstić information content (AvgIpc) is 3.23. The van der Waals surface area contributed by atoms with E-state index in [0.29, 0.717) is 5.56 Å². The van der Waals surface area contributed by atoms with Gasteiger partial charge < -0.3 is 10.0 Å². The Hall–Kier alpha value is -2.44. The van der Waals surface area contributed by atoms with E-state index in [9.17, 15) is 19.7 Å². The highest BCUT2D eigenvalue weighted by molar-refractivity contribution is 5.97. The van der Waals surface area contributed by atoms with E-state index in [2.05, 4.69) is 0 Å². The number of nitro groups is 1. The smallest absolute Gasteiger partial charge is 0.326 e. The van der Waals surface area contributed by atoms with Gasteiger partial charge >= 0.3 is 5.97 Å². The predicted molar refractivity (Wildman–Crippen MR) is 74.1 cm³/mol. The summed E-state index contributed by atoms with van der Waals surface area (Å²) < 4.78 is 0. The summed E-state index contributed by atoms with van der Waals surface area (Å²) in [6.45, 7) is 3.03. The lowest BCUT2D eigenvalue weighted by molar-refractivity contribution is -0.385. The first-order valence-electron chi connectivity index (χ1n) is 6.63. The predicted octanol–water partition coefficient (Wildman–Crippen LogP) is 1.98. The quantitative estimate of drug-likeness (QED) is 0.660. The molecule has 1 saturated carbocycles. The molecule has 1 atom stereocenters. The van der Waals surface area contributed by atoms with Crippen molar-refractivity contribution in [1.29, 1.82) is 0 Å². The summed E-state index contributed by atoms with van der Waals surface area (Å²) in [7, 11) is 0. The van der Waals surface area contributed by atoms with Crippen LogP contribution >= 0.6 is 0 Å². The van der Waals surface area contributed by atoms with E-state index in [1.165, 1.54) is 30.0 Å².